The maximum Gasteiger partial charge on any atom is 5.00 e. The van der Waals surface area contributed by atoms with Crippen LogP contribution in [0.25, 0.3) is 0 Å². The molecular formula is As2O4. The van der Waals surface area contributed by atoms with E-state index in [1.807, 2.05) is 0 Å². The van der Waals surface area contributed by atoms with Gasteiger partial charge in [-0.25, -0.2) is 0 Å². The number of rotatable bonds is 0. The fraction of sp³-hybridized carbons (Fsp3) is 0. The molecule has 0 amide bonds. The first-order chi connectivity index (χ1) is 0. The first-order valence-corrected chi connectivity index (χ1v) is 0. The van der Waals surface area contributed by atoms with Gasteiger partial charge in [0.2, 0.25) is 0 Å². The third-order valence-corrected chi connectivity index (χ3v) is 0. The summed E-state index contributed by atoms with van der Waals surface area (Å²) in [6, 6.07) is 0. The summed E-state index contributed by atoms with van der Waals surface area (Å²) in [5, 5.41) is 0. The van der Waals surface area contributed by atoms with E-state index in [0.29, 0.717) is 0 Å². The van der Waals surface area contributed by atoms with Gasteiger partial charge in [0.25, 0.3) is 0 Å². The summed E-state index contributed by atoms with van der Waals surface area (Å²) in [6.07, 6.45) is 0. The predicted molar refractivity (Wildman–Crippen MR) is 14.3 cm³/mol. The molecule has 0 aromatic heterocycles. The van der Waals surface area contributed by atoms with Crippen LogP contribution >= 0.6 is 0 Å². The number of hydrogen-bond acceptors (Lipinski definition) is 0. The SMILES string of the molecule is [As+3].[As+5].[O-2].[O-2].[O-2].[O-2]. The van der Waals surface area contributed by atoms with Crippen molar-refractivity contribution in [2.45, 2.75) is 0 Å². The van der Waals surface area contributed by atoms with Gasteiger partial charge in [-0.3, -0.25) is 0 Å². The molecule has 0 saturated carbocycles. The van der Waals surface area contributed by atoms with E-state index in [-0.39, 0.29) is 57.8 Å². The van der Waals surface area contributed by atoms with Crippen molar-refractivity contribution in [3.05, 3.63) is 0 Å². The molecule has 0 saturated heterocycles. The fourth-order valence-corrected chi connectivity index (χ4v) is 0. The molecule has 0 spiro atoms. The largest absolute Gasteiger partial charge is 5.00 e. The number of hydrogen-bond donors (Lipinski definition) is 0. The van der Waals surface area contributed by atoms with Gasteiger partial charge in [-0.15, -0.1) is 0 Å². The van der Waals surface area contributed by atoms with Crippen LogP contribution in [0, 0.1) is 0 Å². The molecule has 6 heavy (non-hydrogen) atoms. The Morgan fingerprint density at radius 3 is 0.500 bits per heavy atom. The maximum absolute atomic E-state index is 0. The summed E-state index contributed by atoms with van der Waals surface area (Å²) in [4.78, 5) is 0. The van der Waals surface area contributed by atoms with Crippen LogP contribution in [-0.4, -0.2) is 35.9 Å². The Kier molecular flexibility index (Phi) is 7180. The summed E-state index contributed by atoms with van der Waals surface area (Å²) in [7, 11) is 0. The summed E-state index contributed by atoms with van der Waals surface area (Å²) >= 11 is 0. The Hall–Kier alpha value is 0.957. The van der Waals surface area contributed by atoms with Crippen LogP contribution in [0.2, 0.25) is 0 Å². The molecule has 0 unspecified atom stereocenters. The van der Waals surface area contributed by atoms with Crippen molar-refractivity contribution in [1.82, 2.24) is 0 Å². The zero-order valence-corrected chi connectivity index (χ0v) is 6.28. The predicted octanol–water partition coefficient (Wildman–Crippen LogP) is -1.24. The molecule has 2 radical (unpaired) electrons. The average molecular weight is 214 g/mol. The maximum atomic E-state index is 0. The van der Waals surface area contributed by atoms with E-state index in [2.05, 4.69) is 0 Å². The van der Waals surface area contributed by atoms with Crippen molar-refractivity contribution >= 4 is 35.9 Å². The van der Waals surface area contributed by atoms with Gasteiger partial charge in [-0.2, -0.15) is 0 Å². The van der Waals surface area contributed by atoms with Crippen molar-refractivity contribution in [2.24, 2.45) is 0 Å². The van der Waals surface area contributed by atoms with Crippen LogP contribution in [0.4, 0.5) is 0 Å². The van der Waals surface area contributed by atoms with E-state index in [1.54, 1.807) is 0 Å². The van der Waals surface area contributed by atoms with E-state index in [0.717, 1.165) is 0 Å². The van der Waals surface area contributed by atoms with E-state index in [4.69, 9.17) is 0 Å². The molecule has 6 heteroatoms. The van der Waals surface area contributed by atoms with E-state index < -0.39 is 0 Å². The molecule has 0 atom stereocenters. The second kappa shape index (κ2) is 160. The smallest absolute Gasteiger partial charge is 2.00 e. The van der Waals surface area contributed by atoms with Crippen molar-refractivity contribution in [3.63, 3.8) is 0 Å². The van der Waals surface area contributed by atoms with Crippen LogP contribution in [0.15, 0.2) is 0 Å². The first kappa shape index (κ1) is 270. The topological polar surface area (TPSA) is 114 Å². The molecule has 0 aliphatic heterocycles. The Balaban J connectivity index is 0. The molecule has 34 valence electrons. The first-order valence-electron chi connectivity index (χ1n) is 0. The van der Waals surface area contributed by atoms with Crippen molar-refractivity contribution in [1.29, 1.82) is 0 Å². The Labute approximate surface area is 58.2 Å². The molecule has 0 aromatic rings. The van der Waals surface area contributed by atoms with Gasteiger partial charge in [0.1, 0.15) is 0 Å². The monoisotopic (exact) mass is 214 g/mol. The van der Waals surface area contributed by atoms with Crippen LogP contribution in [0.3, 0.4) is 0 Å². The van der Waals surface area contributed by atoms with Gasteiger partial charge < -0.3 is 21.9 Å². The van der Waals surface area contributed by atoms with Gasteiger partial charge >= 0.3 is 35.9 Å². The molecule has 0 heterocycles. The minimum atomic E-state index is 0. The molecule has 4 nitrogen and oxygen atoms in total. The quantitative estimate of drug-likeness (QED) is 0.449. The zero-order valence-electron chi connectivity index (χ0n) is 2.53. The Morgan fingerprint density at radius 1 is 0.500 bits per heavy atom. The Bertz CT molecular complexity index is 5.51. The van der Waals surface area contributed by atoms with Gasteiger partial charge in [0, 0.05) is 0 Å². The van der Waals surface area contributed by atoms with Crippen LogP contribution in [0.5, 0.6) is 0 Å². The van der Waals surface area contributed by atoms with Crippen molar-refractivity contribution in [3.8, 4) is 0 Å². The normalized spacial score (nSPS) is 0. The van der Waals surface area contributed by atoms with Crippen LogP contribution in [-0.2, 0) is 21.9 Å². The second-order valence-electron chi connectivity index (χ2n) is 0. The summed E-state index contributed by atoms with van der Waals surface area (Å²) < 4.78 is 0. The molecular weight excluding hydrogens is 214 g/mol. The average Bonchev–Trinajstić information content (AvgIpc) is 0. The molecule has 0 aliphatic rings. The van der Waals surface area contributed by atoms with Crippen LogP contribution < -0.4 is 0 Å². The van der Waals surface area contributed by atoms with E-state index in [9.17, 15) is 0 Å². The Morgan fingerprint density at radius 2 is 0.500 bits per heavy atom. The summed E-state index contributed by atoms with van der Waals surface area (Å²) in [5.74, 6) is 0. The van der Waals surface area contributed by atoms with Gasteiger partial charge in [-0.1, -0.05) is 0 Å². The van der Waals surface area contributed by atoms with E-state index >= 15 is 0 Å². The van der Waals surface area contributed by atoms with Gasteiger partial charge in [-0.05, 0) is 0 Å². The second-order valence-corrected chi connectivity index (χ2v) is 0. The summed E-state index contributed by atoms with van der Waals surface area (Å²) in [6.45, 7) is 0. The minimum absolute atomic E-state index is 0. The van der Waals surface area contributed by atoms with Crippen LogP contribution in [0.1, 0.15) is 0 Å². The summed E-state index contributed by atoms with van der Waals surface area (Å²) in [5.41, 5.74) is 0. The molecule has 0 rings (SSSR count). The fourth-order valence-electron chi connectivity index (χ4n) is 0. The van der Waals surface area contributed by atoms with Gasteiger partial charge in [0.05, 0.1) is 0 Å². The molecule has 0 N–H and O–H groups in total. The molecule has 0 aliphatic carbocycles. The molecule has 0 fully saturated rings. The molecule has 0 bridgehead atoms. The zero-order chi connectivity index (χ0) is 0. The third kappa shape index (κ3) is 84.8. The van der Waals surface area contributed by atoms with Gasteiger partial charge in [0.15, 0.2) is 0 Å². The van der Waals surface area contributed by atoms with Crippen molar-refractivity contribution in [2.75, 3.05) is 0 Å². The third-order valence-electron chi connectivity index (χ3n) is 0. The standard InChI is InChI=1S/2As.4O/q+3;+5;4*-2. The van der Waals surface area contributed by atoms with Crippen molar-refractivity contribution < 1.29 is 21.9 Å². The minimum Gasteiger partial charge on any atom is -2.00 e. The molecule has 0 aromatic carbocycles. The van der Waals surface area contributed by atoms with E-state index in [1.165, 1.54) is 0 Å².